The van der Waals surface area contributed by atoms with E-state index in [1.54, 1.807) is 18.3 Å². The molecule has 66 heavy (non-hydrogen) atoms. The minimum absolute atomic E-state index is 0.108. The summed E-state index contributed by atoms with van der Waals surface area (Å²) in [5, 5.41) is 59.2. The Kier molecular flexibility index (Phi) is 21.3. The smallest absolute Gasteiger partial charge is 0.320 e. The number of ether oxygens (including phenoxy) is 1. The fourth-order valence-corrected chi connectivity index (χ4v) is 9.27. The van der Waals surface area contributed by atoms with Crippen molar-refractivity contribution >= 4 is 57.4 Å². The van der Waals surface area contributed by atoms with Gasteiger partial charge in [0, 0.05) is 58.4 Å². The number of carboxylic acids is 5. The zero-order valence-electron chi connectivity index (χ0n) is 35.9. The van der Waals surface area contributed by atoms with Gasteiger partial charge in [0.15, 0.2) is 14.6 Å². The molecule has 2 heterocycles. The monoisotopic (exact) mass is 952 g/mol. The molecule has 26 heteroatoms. The third-order valence-corrected chi connectivity index (χ3v) is 13.2. The number of likely N-dealkylation sites (tertiary alicyclic amines) is 1. The van der Waals surface area contributed by atoms with Crippen LogP contribution in [-0.2, 0) is 48.2 Å². The molecule has 1 aliphatic heterocycles. The number of nitrogens with two attached hydrogens (primary N) is 1. The van der Waals surface area contributed by atoms with Crippen LogP contribution in [0.4, 0.5) is 0 Å². The number of amides is 3. The first-order valence-electron chi connectivity index (χ1n) is 20.7. The van der Waals surface area contributed by atoms with Crippen molar-refractivity contribution in [1.82, 2.24) is 35.4 Å². The number of unbranched alkanes of at least 4 members (excludes halogenated alkanes) is 1. The number of nitrogens with one attached hydrogen (secondary N) is 2. The second-order valence-electron chi connectivity index (χ2n) is 15.4. The molecule has 0 unspecified atom stereocenters. The molecule has 1 fully saturated rings. The van der Waals surface area contributed by atoms with Crippen LogP contribution in [0, 0.1) is 0 Å². The van der Waals surface area contributed by atoms with Crippen molar-refractivity contribution in [2.24, 2.45) is 5.73 Å². The molecule has 1 aromatic carbocycles. The molecule has 1 aromatic heterocycles. The lowest BCUT2D eigenvalue weighted by Crippen LogP contribution is -2.59. The lowest BCUT2D eigenvalue weighted by atomic mass is 9.94. The maximum Gasteiger partial charge on any atom is 0.320 e. The first kappa shape index (κ1) is 54.0. The lowest BCUT2D eigenvalue weighted by Gasteiger charge is -2.40. The molecule has 3 amide bonds. The highest BCUT2D eigenvalue weighted by Gasteiger charge is 2.53. The van der Waals surface area contributed by atoms with Crippen LogP contribution in [0.1, 0.15) is 44.9 Å². The molecule has 25 nitrogen and oxygen atoms in total. The molecule has 1 saturated heterocycles. The number of carboxylic acid groups (broad SMARTS) is 5. The molecule has 2 atom stereocenters. The van der Waals surface area contributed by atoms with Crippen molar-refractivity contribution < 1.29 is 82.3 Å². The average Bonchev–Trinajstić information content (AvgIpc) is 3.25. The maximum absolute atomic E-state index is 13.9. The Labute approximate surface area is 379 Å². The van der Waals surface area contributed by atoms with Gasteiger partial charge in [-0.2, -0.15) is 0 Å². The summed E-state index contributed by atoms with van der Waals surface area (Å²) in [5.74, 6) is -8.27. The Balaban J connectivity index is 1.53. The number of sulfone groups is 1. The molecule has 0 bridgehead atoms. The zero-order chi connectivity index (χ0) is 49.0. The van der Waals surface area contributed by atoms with E-state index < -0.39 is 100 Å². The Morgan fingerprint density at radius 1 is 0.773 bits per heavy atom. The standard InChI is InChI=1S/C40H56N8O17S/c41-30(37(58)48-16-12-40(13-17-48,39(61)44-62)66(63,64)29-8-6-27(7-9-29)65-28-4-3-14-42-22-28)5-1-2-15-43-32(49)11-10-31(38(59)60)47(20-18-45(23-33(50)51)24-34(52)53)21-19-46(25-35(54)55)26-36(56)57/h3-4,6-9,14,22,30-31,62H,1-2,5,10-13,15-21,23-26,41H2,(H,43,49)(H,44,61)(H,50,51)(H,52,53)(H,54,55)(H,56,57)(H,59,60)/t30-,31-/m0/s1. The SMILES string of the molecule is N[C@@H](CCCCNC(=O)CC[C@@H](C(=O)O)N(CCN(CC(=O)O)CC(=O)O)CCN(CC(=O)O)CC(=O)O)C(=O)N1CCC(C(=O)NO)(S(=O)(=O)c2ccc(Oc3cccnc3)cc2)CC1. The van der Waals surface area contributed by atoms with Gasteiger partial charge in [0.25, 0.3) is 5.91 Å². The van der Waals surface area contributed by atoms with Gasteiger partial charge in [0.1, 0.15) is 17.5 Å². The first-order chi connectivity index (χ1) is 31.2. The molecule has 0 saturated carbocycles. The number of aromatic nitrogens is 1. The van der Waals surface area contributed by atoms with Gasteiger partial charge in [-0.25, -0.2) is 13.9 Å². The van der Waals surface area contributed by atoms with Crippen LogP contribution in [0.25, 0.3) is 0 Å². The number of carbonyl (C=O) groups excluding carboxylic acids is 3. The van der Waals surface area contributed by atoms with Gasteiger partial charge in [-0.15, -0.1) is 0 Å². The number of hydrogen-bond donors (Lipinski definition) is 9. The lowest BCUT2D eigenvalue weighted by molar-refractivity contribution is -0.146. The summed E-state index contributed by atoms with van der Waals surface area (Å²) in [7, 11) is -4.42. The van der Waals surface area contributed by atoms with Crippen molar-refractivity contribution in [2.45, 2.75) is 66.7 Å². The molecular weight excluding hydrogens is 897 g/mol. The third kappa shape index (κ3) is 16.6. The van der Waals surface area contributed by atoms with Gasteiger partial charge in [-0.3, -0.25) is 63.2 Å². The Morgan fingerprint density at radius 2 is 1.32 bits per heavy atom. The van der Waals surface area contributed by atoms with Gasteiger partial charge in [0.05, 0.1) is 43.3 Å². The molecule has 0 aliphatic carbocycles. The number of benzene rings is 1. The van der Waals surface area contributed by atoms with Crippen molar-refractivity contribution in [1.29, 1.82) is 0 Å². The number of hydrogen-bond acceptors (Lipinski definition) is 17. The van der Waals surface area contributed by atoms with Crippen LogP contribution in [-0.4, -0.2) is 200 Å². The largest absolute Gasteiger partial charge is 0.480 e. The van der Waals surface area contributed by atoms with Crippen molar-refractivity contribution in [2.75, 3.05) is 72.0 Å². The topological polar surface area (TPSA) is 377 Å². The molecule has 1 aliphatic rings. The van der Waals surface area contributed by atoms with E-state index in [-0.39, 0.29) is 82.8 Å². The minimum Gasteiger partial charge on any atom is -0.480 e. The second kappa shape index (κ2) is 26.0. The third-order valence-electron chi connectivity index (χ3n) is 10.7. The quantitative estimate of drug-likeness (QED) is 0.0247. The van der Waals surface area contributed by atoms with Crippen molar-refractivity contribution in [3.8, 4) is 11.5 Å². The first-order valence-corrected chi connectivity index (χ1v) is 22.1. The normalized spacial score (nSPS) is 14.6. The van der Waals surface area contributed by atoms with E-state index in [1.165, 1.54) is 45.7 Å². The van der Waals surface area contributed by atoms with Crippen LogP contribution in [0.2, 0.25) is 0 Å². The molecular formula is C40H56N8O17S. The number of piperidine rings is 1. The number of hydroxylamine groups is 1. The number of nitrogens with zero attached hydrogens (tertiary/aromatic N) is 5. The zero-order valence-corrected chi connectivity index (χ0v) is 36.7. The summed E-state index contributed by atoms with van der Waals surface area (Å²) >= 11 is 0. The van der Waals surface area contributed by atoms with E-state index in [1.807, 2.05) is 0 Å². The number of pyridine rings is 1. The Hall–Kier alpha value is -6.32. The summed E-state index contributed by atoms with van der Waals surface area (Å²) in [4.78, 5) is 105. The molecule has 10 N–H and O–H groups in total. The molecule has 0 radical (unpaired) electrons. The summed E-state index contributed by atoms with van der Waals surface area (Å²) < 4.78 is 31.4. The highest BCUT2D eigenvalue weighted by Crippen LogP contribution is 2.37. The van der Waals surface area contributed by atoms with E-state index in [4.69, 9.17) is 10.5 Å². The van der Waals surface area contributed by atoms with E-state index in [9.17, 15) is 77.5 Å². The van der Waals surface area contributed by atoms with E-state index in [2.05, 4.69) is 10.3 Å². The molecule has 2 aromatic rings. The predicted molar refractivity (Wildman–Crippen MR) is 227 cm³/mol. The van der Waals surface area contributed by atoms with Gasteiger partial charge in [-0.1, -0.05) is 0 Å². The number of carbonyl (C=O) groups is 8. The van der Waals surface area contributed by atoms with Gasteiger partial charge < -0.3 is 46.2 Å². The summed E-state index contributed by atoms with van der Waals surface area (Å²) in [6.07, 6.45) is 2.59. The fourth-order valence-electron chi connectivity index (χ4n) is 7.31. The van der Waals surface area contributed by atoms with Crippen LogP contribution in [0.5, 0.6) is 11.5 Å². The molecule has 364 valence electrons. The minimum atomic E-state index is -4.42. The molecule has 3 rings (SSSR count). The number of aliphatic carboxylic acids is 5. The van der Waals surface area contributed by atoms with Gasteiger partial charge in [-0.05, 0) is 74.9 Å². The summed E-state index contributed by atoms with van der Waals surface area (Å²) in [6.45, 7) is -3.97. The second-order valence-corrected chi connectivity index (χ2v) is 17.7. The summed E-state index contributed by atoms with van der Waals surface area (Å²) in [5.41, 5.74) is 7.66. The van der Waals surface area contributed by atoms with Crippen molar-refractivity contribution in [3.05, 3.63) is 48.8 Å². The predicted octanol–water partition coefficient (Wildman–Crippen LogP) is -1.39. The van der Waals surface area contributed by atoms with Crippen LogP contribution in [0.3, 0.4) is 0 Å². The molecule has 0 spiro atoms. The maximum atomic E-state index is 13.9. The average molecular weight is 953 g/mol. The van der Waals surface area contributed by atoms with Crippen LogP contribution < -0.4 is 21.3 Å². The highest BCUT2D eigenvalue weighted by molar-refractivity contribution is 7.93. The van der Waals surface area contributed by atoms with E-state index in [0.29, 0.717) is 24.3 Å². The fraction of sp³-hybridized carbons (Fsp3) is 0.525. The van der Waals surface area contributed by atoms with Gasteiger partial charge >= 0.3 is 29.8 Å². The van der Waals surface area contributed by atoms with E-state index in [0.717, 1.165) is 9.80 Å². The van der Waals surface area contributed by atoms with Crippen LogP contribution >= 0.6 is 0 Å². The van der Waals surface area contributed by atoms with E-state index >= 15 is 0 Å². The highest BCUT2D eigenvalue weighted by atomic mass is 32.2. The summed E-state index contributed by atoms with van der Waals surface area (Å²) in [6, 6.07) is 6.25. The van der Waals surface area contributed by atoms with Gasteiger partial charge in [0.2, 0.25) is 11.8 Å². The van der Waals surface area contributed by atoms with Crippen LogP contribution in [0.15, 0.2) is 53.7 Å². The Bertz CT molecular complexity index is 2030. The number of rotatable bonds is 30. The Morgan fingerprint density at radius 3 is 1.79 bits per heavy atom. The van der Waals surface area contributed by atoms with Crippen molar-refractivity contribution in [3.63, 3.8) is 0 Å².